The Bertz CT molecular complexity index is 1670. The van der Waals surface area contributed by atoms with E-state index in [4.69, 9.17) is 9.10 Å². The van der Waals surface area contributed by atoms with Crippen molar-refractivity contribution in [1.82, 2.24) is 24.4 Å². The Morgan fingerprint density at radius 1 is 1.14 bits per heavy atom. The minimum absolute atomic E-state index is 0.313. The Labute approximate surface area is 207 Å². The number of nitrogens with zero attached hydrogens (tertiary/aromatic N) is 5. The predicted molar refractivity (Wildman–Crippen MR) is 133 cm³/mol. The molecule has 2 aromatic heterocycles. The van der Waals surface area contributed by atoms with Crippen molar-refractivity contribution in [3.05, 3.63) is 77.1 Å². The largest absolute Gasteiger partial charge is 0.382 e. The Balaban J connectivity index is 1.58. The van der Waals surface area contributed by atoms with Gasteiger partial charge in [0.05, 0.1) is 23.1 Å². The van der Waals surface area contributed by atoms with Gasteiger partial charge in [0.1, 0.15) is 11.4 Å². The molecule has 4 heterocycles. The first kappa shape index (κ1) is 18.3. The molecule has 0 spiro atoms. The van der Waals surface area contributed by atoms with Gasteiger partial charge >= 0.3 is 0 Å². The number of hydrogen-bond acceptors (Lipinski definition) is 5. The van der Waals surface area contributed by atoms with Crippen LogP contribution in [-0.2, 0) is 5.60 Å². The van der Waals surface area contributed by atoms with Gasteiger partial charge in [0, 0.05) is 52.2 Å². The highest BCUT2D eigenvalue weighted by Crippen LogP contribution is 2.48. The fraction of sp³-hybridized carbons (Fsp3) is 0.286. The van der Waals surface area contributed by atoms with Crippen LogP contribution in [0.3, 0.4) is 0 Å². The lowest BCUT2D eigenvalue weighted by molar-refractivity contribution is 0.0686. The molecule has 174 valence electrons. The van der Waals surface area contributed by atoms with E-state index in [0.717, 1.165) is 27.1 Å². The number of carbonyl (C=O) groups is 1. The van der Waals surface area contributed by atoms with Crippen molar-refractivity contribution in [2.24, 2.45) is 0 Å². The number of benzene rings is 2. The van der Waals surface area contributed by atoms with E-state index in [0.29, 0.717) is 34.7 Å². The van der Waals surface area contributed by atoms with Crippen LogP contribution in [0.5, 0.6) is 0 Å². The monoisotopic (exact) mass is 466 g/mol. The average Bonchev–Trinajstić information content (AvgIpc) is 3.36. The van der Waals surface area contributed by atoms with Crippen LogP contribution in [-0.4, -0.2) is 42.4 Å². The van der Waals surface area contributed by atoms with Gasteiger partial charge in [-0.05, 0) is 50.6 Å². The number of fused-ring (bicyclic) bond motifs is 9. The van der Waals surface area contributed by atoms with E-state index >= 15 is 0 Å². The third-order valence-electron chi connectivity index (χ3n) is 6.77. The van der Waals surface area contributed by atoms with E-state index < -0.39 is 24.5 Å². The second kappa shape index (κ2) is 7.49. The number of rotatable bonds is 2. The number of aromatic nitrogens is 4. The van der Waals surface area contributed by atoms with Crippen molar-refractivity contribution in [3.63, 3.8) is 0 Å². The zero-order valence-corrected chi connectivity index (χ0v) is 19.6. The lowest BCUT2D eigenvalue weighted by Crippen LogP contribution is -2.30. The highest BCUT2D eigenvalue weighted by atomic mass is 16.3. The third-order valence-corrected chi connectivity index (χ3v) is 6.77. The molecule has 2 bridgehead atoms. The van der Waals surface area contributed by atoms with Crippen LogP contribution in [0.1, 0.15) is 76.5 Å². The summed E-state index contributed by atoms with van der Waals surface area (Å²) in [5, 5.41) is 10.2. The maximum atomic E-state index is 13.6. The summed E-state index contributed by atoms with van der Waals surface area (Å²) < 4.78 is 26.7. The van der Waals surface area contributed by atoms with Crippen LogP contribution in [0.25, 0.3) is 22.2 Å². The summed E-state index contributed by atoms with van der Waals surface area (Å²) in [6.45, 7) is 2.36. The van der Waals surface area contributed by atoms with Gasteiger partial charge in [-0.25, -0.2) is 15.0 Å². The molecule has 7 heteroatoms. The standard InChI is InChI=1S/C28H25N5O2/c1-5-7-16-8-6-9-19-24(16)22-13-23(32(4)26(19)34)25-31-20-11-10-17(12-21(20)33(22)25)18-14-29-27(30-15-18)28(2,3)35/h6,8-12,14-15,22-23,35H,13H2,1-4H3/t22-,23-/m1/s1/i4D3. The van der Waals surface area contributed by atoms with E-state index in [1.54, 1.807) is 45.3 Å². The Kier molecular flexibility index (Phi) is 3.92. The average molecular weight is 467 g/mol. The van der Waals surface area contributed by atoms with E-state index in [1.807, 2.05) is 24.3 Å². The molecule has 2 atom stereocenters. The van der Waals surface area contributed by atoms with Gasteiger partial charge in [-0.3, -0.25) is 4.79 Å². The van der Waals surface area contributed by atoms with Gasteiger partial charge in [-0.2, -0.15) is 0 Å². The van der Waals surface area contributed by atoms with Crippen molar-refractivity contribution in [3.8, 4) is 23.0 Å². The van der Waals surface area contributed by atoms with Gasteiger partial charge in [0.25, 0.3) is 5.91 Å². The maximum absolute atomic E-state index is 13.6. The number of carbonyl (C=O) groups excluding carboxylic acids is 1. The summed E-state index contributed by atoms with van der Waals surface area (Å²) in [6.07, 6.45) is 3.74. The van der Waals surface area contributed by atoms with Crippen molar-refractivity contribution in [2.75, 3.05) is 6.98 Å². The zero-order chi connectivity index (χ0) is 27.0. The summed E-state index contributed by atoms with van der Waals surface area (Å²) in [6, 6.07) is 10.1. The minimum atomic E-state index is -2.64. The minimum Gasteiger partial charge on any atom is -0.382 e. The summed E-state index contributed by atoms with van der Waals surface area (Å²) in [5.74, 6) is 6.38. The Morgan fingerprint density at radius 2 is 1.94 bits per heavy atom. The van der Waals surface area contributed by atoms with Crippen LogP contribution in [0.4, 0.5) is 0 Å². The molecule has 0 saturated carbocycles. The van der Waals surface area contributed by atoms with Gasteiger partial charge in [-0.1, -0.05) is 18.1 Å². The molecule has 2 aromatic carbocycles. The van der Waals surface area contributed by atoms with Gasteiger partial charge in [-0.15, -0.1) is 5.92 Å². The Hall–Kier alpha value is -4.02. The molecule has 0 saturated heterocycles. The smallest absolute Gasteiger partial charge is 0.254 e. The molecule has 2 aliphatic heterocycles. The molecule has 0 fully saturated rings. The first-order chi connectivity index (χ1) is 18.0. The second-order valence-corrected chi connectivity index (χ2v) is 9.48. The van der Waals surface area contributed by atoms with Crippen LogP contribution in [0, 0.1) is 11.8 Å². The number of amides is 1. The molecular weight excluding hydrogens is 438 g/mol. The van der Waals surface area contributed by atoms with Crippen LogP contribution in [0.15, 0.2) is 48.8 Å². The van der Waals surface area contributed by atoms with Crippen molar-refractivity contribution >= 4 is 16.9 Å². The molecule has 1 amide bonds. The van der Waals surface area contributed by atoms with Crippen LogP contribution >= 0.6 is 0 Å². The van der Waals surface area contributed by atoms with E-state index in [2.05, 4.69) is 26.4 Å². The molecular formula is C28H25N5O2. The van der Waals surface area contributed by atoms with Gasteiger partial charge in [0.2, 0.25) is 0 Å². The molecule has 6 rings (SSSR count). The van der Waals surface area contributed by atoms with Crippen molar-refractivity contribution < 1.29 is 14.0 Å². The molecule has 0 aliphatic carbocycles. The summed E-state index contributed by atoms with van der Waals surface area (Å²) in [5.41, 5.74) is 3.78. The molecule has 7 nitrogen and oxygen atoms in total. The van der Waals surface area contributed by atoms with Gasteiger partial charge < -0.3 is 14.6 Å². The molecule has 0 unspecified atom stereocenters. The van der Waals surface area contributed by atoms with Gasteiger partial charge in [0.15, 0.2) is 5.82 Å². The number of hydrogen-bond donors (Lipinski definition) is 1. The van der Waals surface area contributed by atoms with Crippen LogP contribution in [0.2, 0.25) is 0 Å². The lowest BCUT2D eigenvalue weighted by atomic mass is 9.93. The molecule has 4 aromatic rings. The fourth-order valence-electron chi connectivity index (χ4n) is 5.16. The first-order valence-corrected chi connectivity index (χ1v) is 11.5. The van der Waals surface area contributed by atoms with E-state index in [1.165, 1.54) is 0 Å². The number of aliphatic hydroxyl groups is 1. The fourth-order valence-corrected chi connectivity index (χ4v) is 5.16. The highest BCUT2D eigenvalue weighted by molar-refractivity contribution is 5.98. The quantitative estimate of drug-likeness (QED) is 0.448. The third kappa shape index (κ3) is 3.17. The topological polar surface area (TPSA) is 84.1 Å². The Morgan fingerprint density at radius 3 is 2.66 bits per heavy atom. The maximum Gasteiger partial charge on any atom is 0.254 e. The lowest BCUT2D eigenvalue weighted by Gasteiger charge is -2.24. The molecule has 0 radical (unpaired) electrons. The number of imidazole rings is 1. The first-order valence-electron chi connectivity index (χ1n) is 13.0. The summed E-state index contributed by atoms with van der Waals surface area (Å²) in [4.78, 5) is 28.1. The van der Waals surface area contributed by atoms with Crippen molar-refractivity contribution in [2.45, 2.75) is 44.9 Å². The predicted octanol–water partition coefficient (Wildman–Crippen LogP) is 4.21. The summed E-state index contributed by atoms with van der Waals surface area (Å²) in [7, 11) is 0. The second-order valence-electron chi connectivity index (χ2n) is 9.48. The zero-order valence-electron chi connectivity index (χ0n) is 22.6. The van der Waals surface area contributed by atoms with E-state index in [-0.39, 0.29) is 6.04 Å². The van der Waals surface area contributed by atoms with Crippen molar-refractivity contribution in [1.29, 1.82) is 0 Å². The normalized spacial score (nSPS) is 20.3. The molecule has 1 N–H and O–H groups in total. The highest BCUT2D eigenvalue weighted by Gasteiger charge is 2.44. The van der Waals surface area contributed by atoms with Crippen LogP contribution < -0.4 is 0 Å². The SMILES string of the molecule is [2H]C([2H])([2H])N1C(=O)c2cccc(C#CC)c2[C@H]2C[C@@H]1c1nc3ccc(-c4cnc(C(C)(C)O)nc4)cc3n12. The summed E-state index contributed by atoms with van der Waals surface area (Å²) >= 11 is 0. The molecule has 35 heavy (non-hydrogen) atoms. The van der Waals surface area contributed by atoms with E-state index in [9.17, 15) is 9.90 Å². The molecule has 2 aliphatic rings.